The molecule has 0 saturated carbocycles. The number of nitrogens with one attached hydrogen (secondary N) is 1. The molecule has 1 aromatic heterocycles. The van der Waals surface area contributed by atoms with E-state index in [1.165, 1.54) is 0 Å². The van der Waals surface area contributed by atoms with Crippen molar-refractivity contribution in [3.63, 3.8) is 0 Å². The van der Waals surface area contributed by atoms with Gasteiger partial charge in [0.2, 0.25) is 0 Å². The lowest BCUT2D eigenvalue weighted by atomic mass is 9.93. The molecule has 0 spiro atoms. The van der Waals surface area contributed by atoms with E-state index in [1.54, 1.807) is 18.2 Å². The summed E-state index contributed by atoms with van der Waals surface area (Å²) in [5, 5.41) is 6.57. The number of nitrogens with zero attached hydrogens (tertiary/aromatic N) is 1. The molecule has 2 rings (SSSR count). The molecule has 2 aromatic rings. The van der Waals surface area contributed by atoms with E-state index in [-0.39, 0.29) is 11.3 Å². The molecule has 0 aliphatic rings. The van der Waals surface area contributed by atoms with Crippen molar-refractivity contribution in [3.05, 3.63) is 46.1 Å². The highest BCUT2D eigenvalue weighted by Gasteiger charge is 2.20. The number of rotatable bonds is 2. The van der Waals surface area contributed by atoms with Gasteiger partial charge in [0, 0.05) is 21.5 Å². The van der Waals surface area contributed by atoms with Gasteiger partial charge >= 0.3 is 0 Å². The average molecular weight is 323 g/mol. The Balaban J connectivity index is 2.13. The minimum absolute atomic E-state index is 0.133. The first-order valence-electron chi connectivity index (χ1n) is 5.90. The first kappa shape index (κ1) is 13.8. The predicted octanol–water partition coefficient (Wildman–Crippen LogP) is 3.99. The quantitative estimate of drug-likeness (QED) is 0.909. The van der Waals surface area contributed by atoms with Gasteiger partial charge in [-0.15, -0.1) is 0 Å². The van der Waals surface area contributed by atoms with Crippen LogP contribution in [0.3, 0.4) is 0 Å². The summed E-state index contributed by atoms with van der Waals surface area (Å²) in [6.45, 7) is 6.06. The number of benzene rings is 1. The Morgan fingerprint density at radius 2 is 2.05 bits per heavy atom. The second-order valence-corrected chi connectivity index (χ2v) is 6.21. The van der Waals surface area contributed by atoms with E-state index in [1.807, 2.05) is 32.9 Å². The number of aromatic nitrogens is 1. The maximum atomic E-state index is 12.0. The highest BCUT2D eigenvalue weighted by atomic mass is 79.9. The molecule has 5 heteroatoms. The molecule has 1 aromatic carbocycles. The summed E-state index contributed by atoms with van der Waals surface area (Å²) in [7, 11) is 0. The summed E-state index contributed by atoms with van der Waals surface area (Å²) >= 11 is 3.33. The van der Waals surface area contributed by atoms with Crippen LogP contribution in [0.15, 0.2) is 39.3 Å². The van der Waals surface area contributed by atoms with E-state index in [4.69, 9.17) is 4.52 Å². The van der Waals surface area contributed by atoms with Crippen LogP contribution < -0.4 is 5.32 Å². The molecular weight excluding hydrogens is 308 g/mol. The van der Waals surface area contributed by atoms with Crippen LogP contribution in [-0.4, -0.2) is 11.1 Å². The van der Waals surface area contributed by atoms with Crippen LogP contribution >= 0.6 is 15.9 Å². The number of carbonyl (C=O) groups excluding carboxylic acids is 1. The van der Waals surface area contributed by atoms with Crippen molar-refractivity contribution in [2.24, 2.45) is 0 Å². The van der Waals surface area contributed by atoms with Crippen LogP contribution in [0, 0.1) is 0 Å². The van der Waals surface area contributed by atoms with Gasteiger partial charge in [-0.2, -0.15) is 0 Å². The third kappa shape index (κ3) is 3.44. The molecule has 0 aliphatic heterocycles. The van der Waals surface area contributed by atoms with E-state index in [2.05, 4.69) is 26.4 Å². The smallest absolute Gasteiger partial charge is 0.256 e. The maximum absolute atomic E-state index is 12.0. The molecule has 0 unspecified atom stereocenters. The number of carbonyl (C=O) groups is 1. The molecule has 1 N–H and O–H groups in total. The minimum Gasteiger partial charge on any atom is -0.359 e. The average Bonchev–Trinajstić information content (AvgIpc) is 2.77. The van der Waals surface area contributed by atoms with Gasteiger partial charge in [0.1, 0.15) is 5.76 Å². The van der Waals surface area contributed by atoms with E-state index in [0.29, 0.717) is 11.4 Å². The first-order chi connectivity index (χ1) is 8.86. The monoisotopic (exact) mass is 322 g/mol. The molecule has 100 valence electrons. The molecule has 0 fully saturated rings. The van der Waals surface area contributed by atoms with Crippen LogP contribution in [-0.2, 0) is 5.41 Å². The predicted molar refractivity (Wildman–Crippen MR) is 77.3 cm³/mol. The zero-order valence-electron chi connectivity index (χ0n) is 11.0. The van der Waals surface area contributed by atoms with Crippen molar-refractivity contribution < 1.29 is 9.32 Å². The second kappa shape index (κ2) is 5.17. The normalized spacial score (nSPS) is 11.4. The van der Waals surface area contributed by atoms with Crippen molar-refractivity contribution in [1.29, 1.82) is 0 Å². The van der Waals surface area contributed by atoms with Crippen molar-refractivity contribution in [3.8, 4) is 0 Å². The highest BCUT2D eigenvalue weighted by molar-refractivity contribution is 9.10. The van der Waals surface area contributed by atoms with Gasteiger partial charge in [-0.05, 0) is 18.2 Å². The summed E-state index contributed by atoms with van der Waals surface area (Å²) in [4.78, 5) is 12.0. The van der Waals surface area contributed by atoms with Gasteiger partial charge in [0.15, 0.2) is 5.82 Å². The van der Waals surface area contributed by atoms with Crippen molar-refractivity contribution >= 4 is 27.7 Å². The topological polar surface area (TPSA) is 55.1 Å². The highest BCUT2D eigenvalue weighted by Crippen LogP contribution is 2.24. The zero-order valence-corrected chi connectivity index (χ0v) is 12.6. The first-order valence-corrected chi connectivity index (χ1v) is 6.70. The SMILES string of the molecule is CC(C)(C)c1cc(NC(=O)c2cccc(Br)c2)no1. The summed E-state index contributed by atoms with van der Waals surface area (Å²) < 4.78 is 6.07. The standard InChI is InChI=1S/C14H15BrN2O2/c1-14(2,3)11-8-12(17-19-11)16-13(18)9-5-4-6-10(15)7-9/h4-8H,1-3H3,(H,16,17,18). The Kier molecular flexibility index (Phi) is 3.75. The van der Waals surface area contributed by atoms with Gasteiger partial charge in [-0.1, -0.05) is 47.9 Å². The van der Waals surface area contributed by atoms with Crippen LogP contribution in [0.5, 0.6) is 0 Å². The van der Waals surface area contributed by atoms with Gasteiger partial charge in [-0.3, -0.25) is 4.79 Å². The molecule has 0 saturated heterocycles. The lowest BCUT2D eigenvalue weighted by Gasteiger charge is -2.12. The van der Waals surface area contributed by atoms with E-state index >= 15 is 0 Å². The fourth-order valence-corrected chi connectivity index (χ4v) is 1.91. The lowest BCUT2D eigenvalue weighted by Crippen LogP contribution is -2.12. The molecule has 0 aliphatic carbocycles. The second-order valence-electron chi connectivity index (χ2n) is 5.29. The van der Waals surface area contributed by atoms with Crippen LogP contribution in [0.2, 0.25) is 0 Å². The number of hydrogen-bond donors (Lipinski definition) is 1. The van der Waals surface area contributed by atoms with Gasteiger partial charge in [0.25, 0.3) is 5.91 Å². The van der Waals surface area contributed by atoms with Crippen molar-refractivity contribution in [2.45, 2.75) is 26.2 Å². The summed E-state index contributed by atoms with van der Waals surface area (Å²) in [5.74, 6) is 0.946. The molecular formula is C14H15BrN2O2. The molecule has 4 nitrogen and oxygen atoms in total. The molecule has 0 radical (unpaired) electrons. The number of anilines is 1. The molecule has 0 bridgehead atoms. The van der Waals surface area contributed by atoms with Gasteiger partial charge in [0.05, 0.1) is 0 Å². The molecule has 1 amide bonds. The number of amides is 1. The molecule has 0 atom stereocenters. The molecule has 1 heterocycles. The van der Waals surface area contributed by atoms with E-state index in [0.717, 1.165) is 10.2 Å². The van der Waals surface area contributed by atoms with E-state index in [9.17, 15) is 4.79 Å². The van der Waals surface area contributed by atoms with Crippen molar-refractivity contribution in [2.75, 3.05) is 5.32 Å². The van der Waals surface area contributed by atoms with Gasteiger partial charge < -0.3 is 9.84 Å². The van der Waals surface area contributed by atoms with E-state index < -0.39 is 0 Å². The fourth-order valence-electron chi connectivity index (χ4n) is 1.51. The summed E-state index contributed by atoms with van der Waals surface area (Å²) in [5.41, 5.74) is 0.431. The fraction of sp³-hybridized carbons (Fsp3) is 0.286. The van der Waals surface area contributed by atoms with Crippen LogP contribution in [0.4, 0.5) is 5.82 Å². The van der Waals surface area contributed by atoms with Crippen molar-refractivity contribution in [1.82, 2.24) is 5.16 Å². The minimum atomic E-state index is -0.213. The third-order valence-corrected chi connectivity index (χ3v) is 3.07. The largest absolute Gasteiger partial charge is 0.359 e. The lowest BCUT2D eigenvalue weighted by molar-refractivity contribution is 0.102. The number of halogens is 1. The third-order valence-electron chi connectivity index (χ3n) is 2.58. The Bertz CT molecular complexity index is 599. The summed E-state index contributed by atoms with van der Waals surface area (Å²) in [6, 6.07) is 8.91. The molecule has 19 heavy (non-hydrogen) atoms. The zero-order chi connectivity index (χ0) is 14.0. The van der Waals surface area contributed by atoms with Gasteiger partial charge in [-0.25, -0.2) is 0 Å². The Hall–Kier alpha value is -1.62. The summed E-state index contributed by atoms with van der Waals surface area (Å²) in [6.07, 6.45) is 0. The van der Waals surface area contributed by atoms with Crippen LogP contribution in [0.25, 0.3) is 0 Å². The van der Waals surface area contributed by atoms with Crippen LogP contribution in [0.1, 0.15) is 36.9 Å². The Labute approximate surface area is 120 Å². The Morgan fingerprint density at radius 1 is 1.32 bits per heavy atom. The maximum Gasteiger partial charge on any atom is 0.256 e. The Morgan fingerprint density at radius 3 is 2.63 bits per heavy atom. The number of hydrogen-bond acceptors (Lipinski definition) is 3.